The van der Waals surface area contributed by atoms with Crippen LogP contribution in [0.4, 0.5) is 11.5 Å². The molecule has 0 amide bonds. The zero-order valence-corrected chi connectivity index (χ0v) is 7.70. The molecule has 4 nitrogen and oxygen atoms in total. The van der Waals surface area contributed by atoms with E-state index in [1.807, 2.05) is 0 Å². The monoisotopic (exact) mass is 181 g/mol. The van der Waals surface area contributed by atoms with Gasteiger partial charge in [-0.2, -0.15) is 0 Å². The van der Waals surface area contributed by atoms with Gasteiger partial charge >= 0.3 is 0 Å². The Kier molecular flexibility index (Phi) is 3.52. The van der Waals surface area contributed by atoms with Crippen LogP contribution in [0.5, 0.6) is 0 Å². The number of nitrogens with two attached hydrogens (primary N) is 1. The number of aliphatic hydroxyl groups excluding tert-OH is 1. The average molecular weight is 181 g/mol. The molecule has 1 atom stereocenters. The molecule has 0 saturated carbocycles. The molecule has 0 aromatic carbocycles. The maximum Gasteiger partial charge on any atom is 0.149 e. The van der Waals surface area contributed by atoms with Crippen molar-refractivity contribution < 1.29 is 5.11 Å². The number of nitrogens with one attached hydrogen (secondary N) is 1. The van der Waals surface area contributed by atoms with Crippen LogP contribution in [0.25, 0.3) is 0 Å². The molecular formula is C9H15N3O. The van der Waals surface area contributed by atoms with Gasteiger partial charge in [-0.25, -0.2) is 4.98 Å². The summed E-state index contributed by atoms with van der Waals surface area (Å²) in [6.07, 6.45) is 2.08. The maximum absolute atomic E-state index is 9.01. The number of nitrogen functional groups attached to an aromatic ring is 1. The van der Waals surface area contributed by atoms with Crippen molar-refractivity contribution in [1.82, 2.24) is 4.98 Å². The topological polar surface area (TPSA) is 71.2 Å². The second kappa shape index (κ2) is 4.67. The number of hydrogen-bond donors (Lipinski definition) is 3. The summed E-state index contributed by atoms with van der Waals surface area (Å²) in [4.78, 5) is 4.06. The van der Waals surface area contributed by atoms with E-state index in [0.717, 1.165) is 0 Å². The van der Waals surface area contributed by atoms with Gasteiger partial charge in [0.1, 0.15) is 5.82 Å². The lowest BCUT2D eigenvalue weighted by molar-refractivity contribution is 0.188. The van der Waals surface area contributed by atoms with Crippen molar-refractivity contribution in [2.75, 3.05) is 17.6 Å². The molecule has 13 heavy (non-hydrogen) atoms. The van der Waals surface area contributed by atoms with Crippen LogP contribution in [0.2, 0.25) is 0 Å². The molecule has 0 aliphatic rings. The highest BCUT2D eigenvalue weighted by Gasteiger charge is 1.99. The molecular weight excluding hydrogens is 166 g/mol. The lowest BCUT2D eigenvalue weighted by Crippen LogP contribution is -2.11. The molecule has 0 radical (unpaired) electrons. The van der Waals surface area contributed by atoms with Gasteiger partial charge in [0.15, 0.2) is 0 Å². The molecule has 1 heterocycles. The Morgan fingerprint density at radius 3 is 3.08 bits per heavy atom. The fraction of sp³-hybridized carbons (Fsp3) is 0.444. The minimum absolute atomic E-state index is 0.294. The highest BCUT2D eigenvalue weighted by atomic mass is 16.3. The second-order valence-electron chi connectivity index (χ2n) is 3.01. The van der Waals surface area contributed by atoms with Crippen molar-refractivity contribution in [3.05, 3.63) is 18.3 Å². The second-order valence-corrected chi connectivity index (χ2v) is 3.01. The zero-order valence-electron chi connectivity index (χ0n) is 7.70. The predicted octanol–water partition coefficient (Wildman–Crippen LogP) is 0.847. The third-order valence-electron chi connectivity index (χ3n) is 1.69. The summed E-state index contributed by atoms with van der Waals surface area (Å²) < 4.78 is 0. The van der Waals surface area contributed by atoms with Crippen LogP contribution < -0.4 is 11.1 Å². The Hall–Kier alpha value is -1.29. The number of aliphatic hydroxyl groups is 1. The van der Waals surface area contributed by atoms with Gasteiger partial charge in [0.25, 0.3) is 0 Å². The minimum atomic E-state index is -0.294. The lowest BCUT2D eigenvalue weighted by Gasteiger charge is -2.08. The normalized spacial score (nSPS) is 12.5. The fourth-order valence-electron chi connectivity index (χ4n) is 0.965. The Bertz CT molecular complexity index is 263. The number of nitrogens with zero attached hydrogens (tertiary/aromatic N) is 1. The molecule has 0 aliphatic heterocycles. The first-order valence-corrected chi connectivity index (χ1v) is 4.32. The highest BCUT2D eigenvalue weighted by molar-refractivity contribution is 5.60. The number of hydrogen-bond acceptors (Lipinski definition) is 4. The third kappa shape index (κ3) is 3.29. The summed E-state index contributed by atoms with van der Waals surface area (Å²) in [5.74, 6) is 0.683. The molecule has 72 valence electrons. The van der Waals surface area contributed by atoms with E-state index in [2.05, 4.69) is 10.3 Å². The molecule has 4 N–H and O–H groups in total. The predicted molar refractivity (Wildman–Crippen MR) is 53.4 cm³/mol. The fourth-order valence-corrected chi connectivity index (χ4v) is 0.965. The van der Waals surface area contributed by atoms with E-state index in [-0.39, 0.29) is 6.10 Å². The molecule has 0 unspecified atom stereocenters. The van der Waals surface area contributed by atoms with Gasteiger partial charge in [0.2, 0.25) is 0 Å². The summed E-state index contributed by atoms with van der Waals surface area (Å²) in [5.41, 5.74) is 6.28. The van der Waals surface area contributed by atoms with E-state index < -0.39 is 0 Å². The standard InChI is InChI=1S/C9H15N3O/c1-7(13)4-6-12-9-8(10)3-2-5-11-9/h2-3,5,7,13H,4,6,10H2,1H3,(H,11,12)/t7-/m0/s1. The van der Waals surface area contributed by atoms with E-state index in [9.17, 15) is 0 Å². The summed E-state index contributed by atoms with van der Waals surface area (Å²) in [5, 5.41) is 12.1. The summed E-state index contributed by atoms with van der Waals surface area (Å²) in [7, 11) is 0. The number of aromatic nitrogens is 1. The maximum atomic E-state index is 9.01. The Morgan fingerprint density at radius 2 is 2.46 bits per heavy atom. The van der Waals surface area contributed by atoms with Crippen molar-refractivity contribution in [3.63, 3.8) is 0 Å². The molecule has 0 fully saturated rings. The third-order valence-corrected chi connectivity index (χ3v) is 1.69. The zero-order chi connectivity index (χ0) is 9.68. The SMILES string of the molecule is C[C@H](O)CCNc1ncccc1N. The van der Waals surface area contributed by atoms with Gasteiger partial charge in [-0.3, -0.25) is 0 Å². The van der Waals surface area contributed by atoms with Crippen LogP contribution in [0.3, 0.4) is 0 Å². The summed E-state index contributed by atoms with van der Waals surface area (Å²) in [6.45, 7) is 2.43. The smallest absolute Gasteiger partial charge is 0.149 e. The first-order chi connectivity index (χ1) is 6.20. The summed E-state index contributed by atoms with van der Waals surface area (Å²) >= 11 is 0. The van der Waals surface area contributed by atoms with Crippen molar-refractivity contribution in [2.45, 2.75) is 19.4 Å². The average Bonchev–Trinajstić information content (AvgIpc) is 2.08. The number of rotatable bonds is 4. The molecule has 0 saturated heterocycles. The van der Waals surface area contributed by atoms with Crippen LogP contribution in [0.1, 0.15) is 13.3 Å². The van der Waals surface area contributed by atoms with E-state index in [0.29, 0.717) is 24.5 Å². The Labute approximate surface area is 77.8 Å². The first kappa shape index (κ1) is 9.80. The van der Waals surface area contributed by atoms with Crippen LogP contribution in [-0.4, -0.2) is 22.7 Å². The largest absolute Gasteiger partial charge is 0.396 e. The molecule has 1 aromatic heterocycles. The van der Waals surface area contributed by atoms with Gasteiger partial charge in [-0.15, -0.1) is 0 Å². The minimum Gasteiger partial charge on any atom is -0.396 e. The van der Waals surface area contributed by atoms with E-state index in [1.165, 1.54) is 0 Å². The van der Waals surface area contributed by atoms with Crippen LogP contribution >= 0.6 is 0 Å². The Morgan fingerprint density at radius 1 is 1.69 bits per heavy atom. The van der Waals surface area contributed by atoms with Crippen molar-refractivity contribution in [3.8, 4) is 0 Å². The van der Waals surface area contributed by atoms with Crippen LogP contribution in [-0.2, 0) is 0 Å². The van der Waals surface area contributed by atoms with Gasteiger partial charge in [-0.1, -0.05) is 0 Å². The van der Waals surface area contributed by atoms with E-state index in [1.54, 1.807) is 25.3 Å². The quantitative estimate of drug-likeness (QED) is 0.644. The van der Waals surface area contributed by atoms with Gasteiger partial charge < -0.3 is 16.2 Å². The van der Waals surface area contributed by atoms with Crippen LogP contribution in [0.15, 0.2) is 18.3 Å². The molecule has 4 heteroatoms. The summed E-state index contributed by atoms with van der Waals surface area (Å²) in [6, 6.07) is 3.58. The molecule has 0 bridgehead atoms. The lowest BCUT2D eigenvalue weighted by atomic mass is 10.3. The Balaban J connectivity index is 2.41. The number of anilines is 2. The van der Waals surface area contributed by atoms with Crippen molar-refractivity contribution >= 4 is 11.5 Å². The van der Waals surface area contributed by atoms with Gasteiger partial charge in [0, 0.05) is 12.7 Å². The van der Waals surface area contributed by atoms with Crippen molar-refractivity contribution in [1.29, 1.82) is 0 Å². The van der Waals surface area contributed by atoms with Gasteiger partial charge in [0.05, 0.1) is 11.8 Å². The molecule has 1 rings (SSSR count). The molecule has 0 aliphatic carbocycles. The van der Waals surface area contributed by atoms with Gasteiger partial charge in [-0.05, 0) is 25.5 Å². The van der Waals surface area contributed by atoms with Crippen molar-refractivity contribution in [2.24, 2.45) is 0 Å². The first-order valence-electron chi connectivity index (χ1n) is 4.32. The molecule has 0 spiro atoms. The molecule has 1 aromatic rings. The van der Waals surface area contributed by atoms with E-state index >= 15 is 0 Å². The number of pyridine rings is 1. The van der Waals surface area contributed by atoms with E-state index in [4.69, 9.17) is 10.8 Å². The highest BCUT2D eigenvalue weighted by Crippen LogP contribution is 2.12. The van der Waals surface area contributed by atoms with Crippen LogP contribution in [0, 0.1) is 0 Å².